The van der Waals surface area contributed by atoms with Crippen molar-refractivity contribution in [3.05, 3.63) is 61.3 Å². The van der Waals surface area contributed by atoms with Gasteiger partial charge in [-0.2, -0.15) is 5.10 Å². The first-order chi connectivity index (χ1) is 12.9. The molecule has 5 rings (SSSR count). The molecule has 4 heterocycles. The number of benzene rings is 1. The third-order valence-corrected chi connectivity index (χ3v) is 5.07. The topological polar surface area (TPSA) is 60.6 Å². The maximum absolute atomic E-state index is 4.57. The summed E-state index contributed by atoms with van der Waals surface area (Å²) in [4.78, 5) is 9.15. The molecule has 1 aromatic carbocycles. The second-order valence-electron chi connectivity index (χ2n) is 6.71. The van der Waals surface area contributed by atoms with Crippen LogP contribution in [0.3, 0.4) is 0 Å². The van der Waals surface area contributed by atoms with Gasteiger partial charge in [-0.15, -0.1) is 0 Å². The zero-order valence-corrected chi connectivity index (χ0v) is 14.4. The number of fused-ring (bicyclic) bond motifs is 1. The molecule has 6 nitrogen and oxygen atoms in total. The predicted molar refractivity (Wildman–Crippen MR) is 101 cm³/mol. The highest BCUT2D eigenvalue weighted by atomic mass is 15.3. The van der Waals surface area contributed by atoms with Crippen LogP contribution >= 0.6 is 0 Å². The zero-order chi connectivity index (χ0) is 17.3. The van der Waals surface area contributed by atoms with Crippen molar-refractivity contribution in [2.75, 3.05) is 13.1 Å². The first-order valence-electron chi connectivity index (χ1n) is 9.02. The van der Waals surface area contributed by atoms with E-state index in [1.54, 1.807) is 0 Å². The van der Waals surface area contributed by atoms with Crippen molar-refractivity contribution in [2.45, 2.75) is 18.9 Å². The van der Waals surface area contributed by atoms with E-state index in [1.807, 2.05) is 41.5 Å². The van der Waals surface area contributed by atoms with Crippen LogP contribution in [0, 0.1) is 0 Å². The molecule has 0 bridgehead atoms. The smallest absolute Gasteiger partial charge is 0.234 e. The number of nitrogens with zero attached hydrogens (tertiary/aromatic N) is 5. The molecule has 1 N–H and O–H groups in total. The highest BCUT2D eigenvalue weighted by Gasteiger charge is 2.16. The molecule has 0 spiro atoms. The number of aromatic nitrogens is 5. The molecule has 0 unspecified atom stereocenters. The van der Waals surface area contributed by atoms with Crippen LogP contribution in [0.5, 0.6) is 0 Å². The number of piperidine rings is 1. The Labute approximate surface area is 151 Å². The van der Waals surface area contributed by atoms with Gasteiger partial charge in [-0.1, -0.05) is 18.2 Å². The number of hydrogen-bond donors (Lipinski definition) is 1. The van der Waals surface area contributed by atoms with Crippen LogP contribution in [0.25, 0.3) is 28.0 Å². The Kier molecular flexibility index (Phi) is 3.75. The van der Waals surface area contributed by atoms with Crippen LogP contribution in [-0.2, 0) is 0 Å². The number of rotatable bonds is 3. The molecule has 0 amide bonds. The van der Waals surface area contributed by atoms with E-state index in [1.165, 1.54) is 5.39 Å². The molecular weight excluding hydrogens is 324 g/mol. The molecule has 3 aromatic heterocycles. The van der Waals surface area contributed by atoms with Crippen molar-refractivity contribution >= 4 is 10.9 Å². The fourth-order valence-electron chi connectivity index (χ4n) is 3.61. The number of hydrogen-bond acceptors (Lipinski definition) is 4. The van der Waals surface area contributed by atoms with Crippen LogP contribution in [0.15, 0.2) is 61.3 Å². The molecular formula is C20H20N6. The van der Waals surface area contributed by atoms with Crippen molar-refractivity contribution < 1.29 is 0 Å². The standard InChI is InChI=1S/C20H20N6/c1-2-4-19-15(3-1)7-10-25(19)20-22-11-16(12-23-20)17-13-24-26(14-17)18-5-8-21-9-6-18/h1-4,7,10-14,18,21H,5-6,8-9H2. The lowest BCUT2D eigenvalue weighted by Crippen LogP contribution is -2.29. The van der Waals surface area contributed by atoms with Gasteiger partial charge in [0.2, 0.25) is 5.95 Å². The van der Waals surface area contributed by atoms with Crippen molar-refractivity contribution in [2.24, 2.45) is 0 Å². The Morgan fingerprint density at radius 1 is 0.923 bits per heavy atom. The van der Waals surface area contributed by atoms with Gasteiger partial charge < -0.3 is 5.32 Å². The highest BCUT2D eigenvalue weighted by Crippen LogP contribution is 2.23. The Hall–Kier alpha value is -2.99. The Morgan fingerprint density at radius 3 is 2.58 bits per heavy atom. The van der Waals surface area contributed by atoms with E-state index in [9.17, 15) is 0 Å². The fraction of sp³-hybridized carbons (Fsp3) is 0.250. The van der Waals surface area contributed by atoms with Crippen LogP contribution < -0.4 is 5.32 Å². The largest absolute Gasteiger partial charge is 0.317 e. The van der Waals surface area contributed by atoms with Gasteiger partial charge in [0, 0.05) is 41.3 Å². The SMILES string of the molecule is c1ccc2c(c1)ccn2-c1ncc(-c2cnn(C3CCNCC3)c2)cn1. The second kappa shape index (κ2) is 6.38. The third kappa shape index (κ3) is 2.68. The van der Waals surface area contributed by atoms with E-state index < -0.39 is 0 Å². The molecule has 0 atom stereocenters. The summed E-state index contributed by atoms with van der Waals surface area (Å²) in [6, 6.07) is 10.8. The van der Waals surface area contributed by atoms with Gasteiger partial charge in [0.05, 0.1) is 17.8 Å². The minimum absolute atomic E-state index is 0.483. The van der Waals surface area contributed by atoms with Crippen LogP contribution in [0.2, 0.25) is 0 Å². The molecule has 1 aliphatic heterocycles. The minimum Gasteiger partial charge on any atom is -0.317 e. The predicted octanol–water partition coefficient (Wildman–Crippen LogP) is 3.21. The van der Waals surface area contributed by atoms with Gasteiger partial charge in [0.1, 0.15) is 0 Å². The second-order valence-corrected chi connectivity index (χ2v) is 6.71. The third-order valence-electron chi connectivity index (χ3n) is 5.07. The number of nitrogens with one attached hydrogen (secondary N) is 1. The highest BCUT2D eigenvalue weighted by molar-refractivity contribution is 5.81. The number of para-hydroxylation sites is 1. The van der Waals surface area contributed by atoms with E-state index in [0.717, 1.165) is 42.6 Å². The molecule has 6 heteroatoms. The lowest BCUT2D eigenvalue weighted by atomic mass is 10.1. The quantitative estimate of drug-likeness (QED) is 0.620. The molecule has 4 aromatic rings. The first kappa shape index (κ1) is 15.3. The van der Waals surface area contributed by atoms with E-state index in [4.69, 9.17) is 0 Å². The summed E-state index contributed by atoms with van der Waals surface area (Å²) < 4.78 is 4.10. The van der Waals surface area contributed by atoms with Gasteiger partial charge >= 0.3 is 0 Å². The van der Waals surface area contributed by atoms with Crippen molar-refractivity contribution in [1.29, 1.82) is 0 Å². The molecule has 0 aliphatic carbocycles. The van der Waals surface area contributed by atoms with E-state index >= 15 is 0 Å². The summed E-state index contributed by atoms with van der Waals surface area (Å²) in [5.74, 6) is 0.681. The normalized spacial score (nSPS) is 15.5. The van der Waals surface area contributed by atoms with Crippen LogP contribution in [-0.4, -0.2) is 37.4 Å². The molecule has 26 heavy (non-hydrogen) atoms. The minimum atomic E-state index is 0.483. The van der Waals surface area contributed by atoms with Gasteiger partial charge in [0.15, 0.2) is 0 Å². The first-order valence-corrected chi connectivity index (χ1v) is 9.02. The van der Waals surface area contributed by atoms with Gasteiger partial charge in [-0.25, -0.2) is 9.97 Å². The maximum atomic E-state index is 4.57. The van der Waals surface area contributed by atoms with Crippen molar-refractivity contribution in [1.82, 2.24) is 29.6 Å². The lowest BCUT2D eigenvalue weighted by molar-refractivity contribution is 0.343. The maximum Gasteiger partial charge on any atom is 0.234 e. The summed E-state index contributed by atoms with van der Waals surface area (Å²) >= 11 is 0. The average molecular weight is 344 g/mol. The summed E-state index contributed by atoms with van der Waals surface area (Å²) in [6.07, 6.45) is 12.0. The summed E-state index contributed by atoms with van der Waals surface area (Å²) in [5, 5.41) is 9.13. The molecule has 1 fully saturated rings. The summed E-state index contributed by atoms with van der Waals surface area (Å²) in [6.45, 7) is 2.12. The van der Waals surface area contributed by atoms with E-state index in [2.05, 4.69) is 49.5 Å². The van der Waals surface area contributed by atoms with E-state index in [-0.39, 0.29) is 0 Å². The van der Waals surface area contributed by atoms with Gasteiger partial charge in [0.25, 0.3) is 0 Å². The zero-order valence-electron chi connectivity index (χ0n) is 14.4. The van der Waals surface area contributed by atoms with E-state index in [0.29, 0.717) is 12.0 Å². The van der Waals surface area contributed by atoms with Crippen molar-refractivity contribution in [3.8, 4) is 17.1 Å². The summed E-state index contributed by atoms with van der Waals surface area (Å²) in [5.41, 5.74) is 3.16. The Bertz CT molecular complexity index is 1020. The van der Waals surface area contributed by atoms with Crippen LogP contribution in [0.1, 0.15) is 18.9 Å². The monoisotopic (exact) mass is 344 g/mol. The molecule has 1 saturated heterocycles. The average Bonchev–Trinajstić information content (AvgIpc) is 3.36. The fourth-order valence-corrected chi connectivity index (χ4v) is 3.61. The molecule has 0 radical (unpaired) electrons. The molecule has 0 saturated carbocycles. The van der Waals surface area contributed by atoms with Gasteiger partial charge in [-0.05, 0) is 38.1 Å². The Morgan fingerprint density at radius 2 is 1.73 bits per heavy atom. The Balaban J connectivity index is 1.42. The summed E-state index contributed by atoms with van der Waals surface area (Å²) in [7, 11) is 0. The van der Waals surface area contributed by atoms with Crippen LogP contribution in [0.4, 0.5) is 0 Å². The van der Waals surface area contributed by atoms with Crippen molar-refractivity contribution in [3.63, 3.8) is 0 Å². The molecule has 130 valence electrons. The lowest BCUT2D eigenvalue weighted by Gasteiger charge is -2.22. The van der Waals surface area contributed by atoms with Gasteiger partial charge in [-0.3, -0.25) is 9.25 Å². The molecule has 1 aliphatic rings.